The van der Waals surface area contributed by atoms with Crippen molar-refractivity contribution in [1.29, 1.82) is 0 Å². The van der Waals surface area contributed by atoms with Gasteiger partial charge in [-0.15, -0.1) is 0 Å². The molecule has 0 saturated heterocycles. The van der Waals surface area contributed by atoms with Crippen LogP contribution < -0.4 is 11.1 Å². The van der Waals surface area contributed by atoms with Gasteiger partial charge in [-0.2, -0.15) is 0 Å². The summed E-state index contributed by atoms with van der Waals surface area (Å²) in [6.07, 6.45) is 1.71. The zero-order chi connectivity index (χ0) is 12.2. The van der Waals surface area contributed by atoms with Crippen molar-refractivity contribution < 1.29 is 5.11 Å². The van der Waals surface area contributed by atoms with E-state index in [4.69, 9.17) is 10.8 Å². The molecule has 0 aromatic heterocycles. The molecule has 0 saturated carbocycles. The molecule has 0 radical (unpaired) electrons. The fourth-order valence-corrected chi connectivity index (χ4v) is 1.73. The lowest BCUT2D eigenvalue weighted by atomic mass is 9.94. The van der Waals surface area contributed by atoms with Crippen molar-refractivity contribution in [3.8, 4) is 0 Å². The van der Waals surface area contributed by atoms with Crippen LogP contribution in [0.2, 0.25) is 0 Å². The molecule has 3 nitrogen and oxygen atoms in total. The summed E-state index contributed by atoms with van der Waals surface area (Å²) in [7, 11) is 0. The lowest BCUT2D eigenvalue weighted by molar-refractivity contribution is 0.252. The first kappa shape index (κ1) is 12.8. The average molecular weight is 222 g/mol. The second-order valence-corrected chi connectivity index (χ2v) is 4.59. The third kappa shape index (κ3) is 3.14. The molecule has 0 bridgehead atoms. The second-order valence-electron chi connectivity index (χ2n) is 4.59. The van der Waals surface area contributed by atoms with E-state index in [0.29, 0.717) is 0 Å². The molecule has 90 valence electrons. The summed E-state index contributed by atoms with van der Waals surface area (Å²) in [6.45, 7) is 6.48. The van der Waals surface area contributed by atoms with Gasteiger partial charge in [-0.25, -0.2) is 0 Å². The second kappa shape index (κ2) is 5.21. The van der Waals surface area contributed by atoms with Crippen LogP contribution in [0, 0.1) is 6.92 Å². The van der Waals surface area contributed by atoms with Crippen LogP contribution in [0.15, 0.2) is 18.2 Å². The van der Waals surface area contributed by atoms with E-state index < -0.39 is 0 Å². The van der Waals surface area contributed by atoms with Gasteiger partial charge in [-0.3, -0.25) is 0 Å². The van der Waals surface area contributed by atoms with Crippen LogP contribution in [-0.2, 0) is 0 Å². The predicted molar refractivity (Wildman–Crippen MR) is 69.6 cm³/mol. The van der Waals surface area contributed by atoms with Gasteiger partial charge in [0.25, 0.3) is 0 Å². The zero-order valence-corrected chi connectivity index (χ0v) is 10.4. The lowest BCUT2D eigenvalue weighted by Crippen LogP contribution is -2.35. The molecule has 0 heterocycles. The molecule has 1 unspecified atom stereocenters. The van der Waals surface area contributed by atoms with Crippen molar-refractivity contribution >= 4 is 11.4 Å². The van der Waals surface area contributed by atoms with Crippen molar-refractivity contribution in [3.05, 3.63) is 23.8 Å². The third-order valence-electron chi connectivity index (χ3n) is 3.13. The Labute approximate surface area is 97.7 Å². The van der Waals surface area contributed by atoms with Gasteiger partial charge >= 0.3 is 0 Å². The number of aliphatic hydroxyl groups excluding tert-OH is 1. The minimum Gasteiger partial charge on any atom is -0.399 e. The summed E-state index contributed by atoms with van der Waals surface area (Å²) in [5.41, 5.74) is 8.66. The van der Waals surface area contributed by atoms with E-state index in [-0.39, 0.29) is 12.1 Å². The Bertz CT molecular complexity index is 352. The summed E-state index contributed by atoms with van der Waals surface area (Å²) in [5.74, 6) is 0. The van der Waals surface area contributed by atoms with Gasteiger partial charge in [0.05, 0.1) is 0 Å². The van der Waals surface area contributed by atoms with Gasteiger partial charge in [0.2, 0.25) is 0 Å². The minimum absolute atomic E-state index is 0.0599. The van der Waals surface area contributed by atoms with E-state index in [1.165, 1.54) is 0 Å². The average Bonchev–Trinajstić information content (AvgIpc) is 2.23. The maximum atomic E-state index is 9.06. The Kier molecular flexibility index (Phi) is 4.19. The first-order chi connectivity index (χ1) is 7.50. The molecule has 1 aromatic rings. The van der Waals surface area contributed by atoms with E-state index in [1.807, 2.05) is 25.1 Å². The molecular weight excluding hydrogens is 200 g/mol. The number of aliphatic hydroxyl groups is 1. The smallest absolute Gasteiger partial charge is 0.0453 e. The lowest BCUT2D eigenvalue weighted by Gasteiger charge is -2.31. The molecule has 1 rings (SSSR count). The molecule has 0 fully saturated rings. The van der Waals surface area contributed by atoms with Crippen LogP contribution in [0.1, 0.15) is 32.3 Å². The fraction of sp³-hybridized carbons (Fsp3) is 0.538. The van der Waals surface area contributed by atoms with Crippen molar-refractivity contribution in [2.75, 3.05) is 17.7 Å². The van der Waals surface area contributed by atoms with E-state index in [9.17, 15) is 0 Å². The maximum Gasteiger partial charge on any atom is 0.0453 e. The molecule has 0 aliphatic rings. The number of benzene rings is 1. The number of nitrogens with one attached hydrogen (secondary N) is 1. The Balaban J connectivity index is 2.85. The minimum atomic E-state index is -0.0599. The van der Waals surface area contributed by atoms with Gasteiger partial charge in [-0.05, 0) is 50.5 Å². The van der Waals surface area contributed by atoms with Gasteiger partial charge in [-0.1, -0.05) is 6.92 Å². The molecule has 0 spiro atoms. The first-order valence-electron chi connectivity index (χ1n) is 5.76. The topological polar surface area (TPSA) is 58.3 Å². The molecule has 16 heavy (non-hydrogen) atoms. The van der Waals surface area contributed by atoms with Crippen LogP contribution in [0.25, 0.3) is 0 Å². The van der Waals surface area contributed by atoms with Crippen molar-refractivity contribution in [3.63, 3.8) is 0 Å². The molecule has 1 aromatic carbocycles. The SMILES string of the molecule is CCC(C)(CCO)Nc1ccc(N)cc1C. The molecule has 3 heteroatoms. The number of nitrogen functional groups attached to an aromatic ring is 1. The molecule has 0 amide bonds. The van der Waals surface area contributed by atoms with E-state index >= 15 is 0 Å². The van der Waals surface area contributed by atoms with Crippen LogP contribution in [-0.4, -0.2) is 17.3 Å². The number of hydrogen-bond acceptors (Lipinski definition) is 3. The summed E-state index contributed by atoms with van der Waals surface area (Å²) >= 11 is 0. The van der Waals surface area contributed by atoms with Gasteiger partial charge in [0, 0.05) is 23.5 Å². The monoisotopic (exact) mass is 222 g/mol. The maximum absolute atomic E-state index is 9.06. The Hall–Kier alpha value is -1.22. The van der Waals surface area contributed by atoms with Crippen molar-refractivity contribution in [1.82, 2.24) is 0 Å². The summed E-state index contributed by atoms with van der Waals surface area (Å²) < 4.78 is 0. The Morgan fingerprint density at radius 2 is 2.12 bits per heavy atom. The normalized spacial score (nSPS) is 14.5. The number of anilines is 2. The number of aryl methyl sites for hydroxylation is 1. The van der Waals surface area contributed by atoms with E-state index in [2.05, 4.69) is 19.2 Å². The highest BCUT2D eigenvalue weighted by atomic mass is 16.3. The number of hydrogen-bond donors (Lipinski definition) is 3. The van der Waals surface area contributed by atoms with Crippen LogP contribution in [0.5, 0.6) is 0 Å². The van der Waals surface area contributed by atoms with E-state index in [1.54, 1.807) is 0 Å². The largest absolute Gasteiger partial charge is 0.399 e. The Morgan fingerprint density at radius 1 is 1.44 bits per heavy atom. The predicted octanol–water partition coefficient (Wildman–Crippen LogP) is 2.54. The molecule has 0 aliphatic heterocycles. The van der Waals surface area contributed by atoms with Crippen LogP contribution >= 0.6 is 0 Å². The van der Waals surface area contributed by atoms with Gasteiger partial charge in [0.1, 0.15) is 0 Å². The summed E-state index contributed by atoms with van der Waals surface area (Å²) in [6, 6.07) is 5.84. The van der Waals surface area contributed by atoms with E-state index in [0.717, 1.165) is 29.8 Å². The molecular formula is C13H22N2O. The quantitative estimate of drug-likeness (QED) is 0.671. The molecule has 1 atom stereocenters. The summed E-state index contributed by atoms with van der Waals surface area (Å²) in [5, 5.41) is 12.6. The van der Waals surface area contributed by atoms with Gasteiger partial charge < -0.3 is 16.2 Å². The highest BCUT2D eigenvalue weighted by molar-refractivity contribution is 5.58. The zero-order valence-electron chi connectivity index (χ0n) is 10.4. The third-order valence-corrected chi connectivity index (χ3v) is 3.13. The Morgan fingerprint density at radius 3 is 2.62 bits per heavy atom. The summed E-state index contributed by atoms with van der Waals surface area (Å²) in [4.78, 5) is 0. The number of rotatable bonds is 5. The highest BCUT2D eigenvalue weighted by Crippen LogP contribution is 2.25. The molecule has 4 N–H and O–H groups in total. The van der Waals surface area contributed by atoms with Crippen LogP contribution in [0.4, 0.5) is 11.4 Å². The van der Waals surface area contributed by atoms with Gasteiger partial charge in [0.15, 0.2) is 0 Å². The van der Waals surface area contributed by atoms with Crippen molar-refractivity contribution in [2.45, 2.75) is 39.2 Å². The standard InChI is InChI=1S/C13H22N2O/c1-4-13(3,7-8-16)15-12-6-5-11(14)9-10(12)2/h5-6,9,15-16H,4,7-8,14H2,1-3H3. The van der Waals surface area contributed by atoms with Crippen molar-refractivity contribution in [2.24, 2.45) is 0 Å². The fourth-order valence-electron chi connectivity index (χ4n) is 1.73. The highest BCUT2D eigenvalue weighted by Gasteiger charge is 2.21. The van der Waals surface area contributed by atoms with Crippen LogP contribution in [0.3, 0.4) is 0 Å². The number of nitrogens with two attached hydrogens (primary N) is 1. The first-order valence-corrected chi connectivity index (χ1v) is 5.76. The molecule has 0 aliphatic carbocycles.